The molecule has 8 heteroatoms. The Kier molecular flexibility index (Phi) is 9.97. The van der Waals surface area contributed by atoms with Crippen LogP contribution >= 0.6 is 0 Å². The minimum absolute atomic E-state index is 0.152. The summed E-state index contributed by atoms with van der Waals surface area (Å²) in [7, 11) is 0. The largest absolute Gasteiger partial charge is 0.426 e. The van der Waals surface area contributed by atoms with Gasteiger partial charge in [-0.15, -0.1) is 0 Å². The van der Waals surface area contributed by atoms with Crippen molar-refractivity contribution in [3.05, 3.63) is 91.0 Å². The lowest BCUT2D eigenvalue weighted by atomic mass is 9.95. The van der Waals surface area contributed by atoms with E-state index < -0.39 is 36.4 Å². The summed E-state index contributed by atoms with van der Waals surface area (Å²) < 4.78 is 15.5. The molecular formula is C26H23NO7. The normalized spacial score (nSPS) is 10.0. The van der Waals surface area contributed by atoms with E-state index in [2.05, 4.69) is 0 Å². The number of hydrogen-bond acceptors (Lipinski definition) is 8. The lowest BCUT2D eigenvalue weighted by Crippen LogP contribution is -2.46. The predicted molar refractivity (Wildman–Crippen MR) is 122 cm³/mol. The second kappa shape index (κ2) is 13.2. The zero-order valence-corrected chi connectivity index (χ0v) is 18.4. The van der Waals surface area contributed by atoms with Gasteiger partial charge in [-0.25, -0.2) is 4.79 Å². The molecule has 34 heavy (non-hydrogen) atoms. The maximum absolute atomic E-state index is 12.7. The highest BCUT2D eigenvalue weighted by Gasteiger charge is 2.44. The smallest absolute Gasteiger partial charge is 0.344 e. The first kappa shape index (κ1) is 25.8. The number of nitrogens with zero attached hydrogens (tertiary/aromatic N) is 1. The van der Waals surface area contributed by atoms with E-state index in [9.17, 15) is 19.5 Å². The van der Waals surface area contributed by atoms with E-state index in [1.165, 1.54) is 19.1 Å². The molecule has 0 spiro atoms. The van der Waals surface area contributed by atoms with Crippen LogP contribution in [0.5, 0.6) is 17.2 Å². The van der Waals surface area contributed by atoms with Gasteiger partial charge in [0, 0.05) is 6.92 Å². The lowest BCUT2D eigenvalue weighted by Gasteiger charge is -2.24. The third-order valence-corrected chi connectivity index (χ3v) is 4.16. The number of aliphatic hydroxyl groups is 1. The molecular weight excluding hydrogens is 438 g/mol. The van der Waals surface area contributed by atoms with Crippen LogP contribution in [0.4, 0.5) is 0 Å². The molecule has 0 aliphatic carbocycles. The van der Waals surface area contributed by atoms with Crippen molar-refractivity contribution in [2.45, 2.75) is 25.4 Å². The topological polar surface area (TPSA) is 123 Å². The number of esters is 3. The molecule has 3 aromatic carbocycles. The fourth-order valence-corrected chi connectivity index (χ4v) is 2.69. The first-order valence-corrected chi connectivity index (χ1v) is 10.2. The van der Waals surface area contributed by atoms with Gasteiger partial charge in [-0.3, -0.25) is 9.59 Å². The Labute approximate surface area is 196 Å². The molecule has 0 aliphatic heterocycles. The van der Waals surface area contributed by atoms with Gasteiger partial charge in [0.2, 0.25) is 0 Å². The Morgan fingerprint density at radius 2 is 1.00 bits per heavy atom. The zero-order valence-electron chi connectivity index (χ0n) is 18.4. The summed E-state index contributed by atoms with van der Waals surface area (Å²) in [5.41, 5.74) is -2.49. The minimum atomic E-state index is -2.49. The quantitative estimate of drug-likeness (QED) is 0.396. The lowest BCUT2D eigenvalue weighted by molar-refractivity contribution is -0.166. The Hall–Kier alpha value is -4.48. The van der Waals surface area contributed by atoms with Gasteiger partial charge in [-0.1, -0.05) is 54.6 Å². The Balaban J connectivity index is 0.00000129. The number of rotatable bonds is 8. The number of carbonyl (C=O) groups excluding carboxylic acids is 3. The van der Waals surface area contributed by atoms with Crippen LogP contribution in [0.1, 0.15) is 19.8 Å². The number of benzene rings is 3. The molecule has 0 saturated carbocycles. The van der Waals surface area contributed by atoms with E-state index >= 15 is 0 Å². The van der Waals surface area contributed by atoms with Crippen LogP contribution in [-0.2, 0) is 14.4 Å². The van der Waals surface area contributed by atoms with Gasteiger partial charge < -0.3 is 19.3 Å². The fraction of sp³-hybridized carbons (Fsp3) is 0.154. The fourth-order valence-electron chi connectivity index (χ4n) is 2.69. The Morgan fingerprint density at radius 3 is 1.32 bits per heavy atom. The molecule has 0 amide bonds. The maximum atomic E-state index is 12.7. The standard InChI is InChI=1S/C24H20O7.C2H3N/c25-21(29-18-10-4-1-5-11-18)16-24(28,23(27)31-20-14-8-3-9-15-20)17-22(26)30-19-12-6-2-7-13-19;1-2-3/h1-15,28H,16-17H2;1H3. The molecule has 1 N–H and O–H groups in total. The monoisotopic (exact) mass is 461 g/mol. The summed E-state index contributed by atoms with van der Waals surface area (Å²) in [5, 5.41) is 18.3. The number of ether oxygens (including phenoxy) is 3. The zero-order chi connectivity index (χ0) is 24.8. The highest BCUT2D eigenvalue weighted by atomic mass is 16.6. The van der Waals surface area contributed by atoms with Crippen LogP contribution in [0.3, 0.4) is 0 Å². The van der Waals surface area contributed by atoms with Crippen LogP contribution < -0.4 is 14.2 Å². The van der Waals surface area contributed by atoms with Crippen LogP contribution in [0.2, 0.25) is 0 Å². The molecule has 0 unspecified atom stereocenters. The average Bonchev–Trinajstić information content (AvgIpc) is 2.81. The molecule has 0 atom stereocenters. The van der Waals surface area contributed by atoms with Crippen LogP contribution in [-0.4, -0.2) is 28.6 Å². The number of hydrogen-bond donors (Lipinski definition) is 1. The van der Waals surface area contributed by atoms with E-state index in [1.54, 1.807) is 84.9 Å². The number of carbonyl (C=O) groups is 3. The van der Waals surface area contributed by atoms with Crippen LogP contribution in [0, 0.1) is 11.3 Å². The van der Waals surface area contributed by atoms with Crippen molar-refractivity contribution in [2.24, 2.45) is 0 Å². The second-order valence-electron chi connectivity index (χ2n) is 6.89. The summed E-state index contributed by atoms with van der Waals surface area (Å²) in [4.78, 5) is 37.5. The summed E-state index contributed by atoms with van der Waals surface area (Å²) in [6, 6.07) is 26.1. The third kappa shape index (κ3) is 8.57. The predicted octanol–water partition coefficient (Wildman–Crippen LogP) is 3.84. The minimum Gasteiger partial charge on any atom is -0.426 e. The van der Waals surface area contributed by atoms with Crippen LogP contribution in [0.25, 0.3) is 0 Å². The van der Waals surface area contributed by atoms with Gasteiger partial charge in [0.05, 0.1) is 18.9 Å². The van der Waals surface area contributed by atoms with Gasteiger partial charge >= 0.3 is 17.9 Å². The van der Waals surface area contributed by atoms with Crippen molar-refractivity contribution < 1.29 is 33.7 Å². The second-order valence-corrected chi connectivity index (χ2v) is 6.89. The molecule has 0 heterocycles. The summed E-state index contributed by atoms with van der Waals surface area (Å²) in [6.07, 6.45) is -1.62. The van der Waals surface area contributed by atoms with Crippen molar-refractivity contribution in [2.75, 3.05) is 0 Å². The van der Waals surface area contributed by atoms with Crippen molar-refractivity contribution in [3.8, 4) is 23.3 Å². The Morgan fingerprint density at radius 1 is 0.706 bits per heavy atom. The highest BCUT2D eigenvalue weighted by Crippen LogP contribution is 2.23. The van der Waals surface area contributed by atoms with Gasteiger partial charge in [0.15, 0.2) is 5.60 Å². The van der Waals surface area contributed by atoms with Gasteiger partial charge in [-0.05, 0) is 36.4 Å². The average molecular weight is 461 g/mol. The van der Waals surface area contributed by atoms with Gasteiger partial charge in [0.25, 0.3) is 0 Å². The van der Waals surface area contributed by atoms with Crippen molar-refractivity contribution in [1.82, 2.24) is 0 Å². The van der Waals surface area contributed by atoms with Crippen LogP contribution in [0.15, 0.2) is 91.0 Å². The van der Waals surface area contributed by atoms with E-state index in [-0.39, 0.29) is 17.2 Å². The first-order valence-electron chi connectivity index (χ1n) is 10.2. The van der Waals surface area contributed by atoms with Gasteiger partial charge in [-0.2, -0.15) is 5.26 Å². The first-order chi connectivity index (χ1) is 16.4. The van der Waals surface area contributed by atoms with Crippen molar-refractivity contribution in [1.29, 1.82) is 5.26 Å². The van der Waals surface area contributed by atoms with E-state index in [0.29, 0.717) is 0 Å². The maximum Gasteiger partial charge on any atom is 0.344 e. The summed E-state index contributed by atoms with van der Waals surface area (Å²) >= 11 is 0. The molecule has 0 aromatic heterocycles. The van der Waals surface area contributed by atoms with E-state index in [4.69, 9.17) is 19.5 Å². The third-order valence-electron chi connectivity index (χ3n) is 4.16. The van der Waals surface area contributed by atoms with Gasteiger partial charge in [0.1, 0.15) is 17.2 Å². The molecule has 174 valence electrons. The summed E-state index contributed by atoms with van der Waals surface area (Å²) in [5.74, 6) is -2.37. The molecule has 0 bridgehead atoms. The van der Waals surface area contributed by atoms with E-state index in [0.717, 1.165) is 0 Å². The molecule has 3 aromatic rings. The SMILES string of the molecule is CC#N.O=C(CC(O)(CC(=O)Oc1ccccc1)C(=O)Oc1ccccc1)Oc1ccccc1. The molecule has 0 aliphatic rings. The number of nitriles is 1. The molecule has 3 rings (SSSR count). The van der Waals surface area contributed by atoms with E-state index in [1.807, 2.05) is 0 Å². The summed E-state index contributed by atoms with van der Waals surface area (Å²) in [6.45, 7) is 1.43. The molecule has 0 saturated heterocycles. The number of para-hydroxylation sites is 3. The Bertz CT molecular complexity index is 1050. The molecule has 8 nitrogen and oxygen atoms in total. The van der Waals surface area contributed by atoms with Crippen molar-refractivity contribution >= 4 is 17.9 Å². The highest BCUT2D eigenvalue weighted by molar-refractivity contribution is 5.92. The molecule has 0 radical (unpaired) electrons. The molecule has 0 fully saturated rings. The van der Waals surface area contributed by atoms with Crippen molar-refractivity contribution in [3.63, 3.8) is 0 Å².